The summed E-state index contributed by atoms with van der Waals surface area (Å²) in [5.41, 5.74) is 5.41. The zero-order valence-electron chi connectivity index (χ0n) is 10.8. The number of rotatable bonds is 4. The Kier molecular flexibility index (Phi) is 4.17. The summed E-state index contributed by atoms with van der Waals surface area (Å²) in [6.45, 7) is 2.38. The number of anilines is 1. The maximum Gasteiger partial charge on any atom is 0.242 e. The first-order chi connectivity index (χ1) is 8.69. The van der Waals surface area contributed by atoms with Crippen LogP contribution < -0.4 is 11.1 Å². The van der Waals surface area contributed by atoms with Gasteiger partial charge in [-0.1, -0.05) is 26.2 Å². The molecule has 0 bridgehead atoms. The molecular weight excluding hydrogens is 230 g/mol. The number of aromatic nitrogens is 3. The van der Waals surface area contributed by atoms with Gasteiger partial charge in [-0.05, 0) is 18.8 Å². The number of carbonyl (C=O) groups is 1. The van der Waals surface area contributed by atoms with E-state index in [4.69, 9.17) is 5.73 Å². The van der Waals surface area contributed by atoms with Gasteiger partial charge in [0.2, 0.25) is 11.9 Å². The summed E-state index contributed by atoms with van der Waals surface area (Å²) < 4.78 is 1.47. The van der Waals surface area contributed by atoms with Gasteiger partial charge in [0.1, 0.15) is 12.9 Å². The van der Waals surface area contributed by atoms with E-state index >= 15 is 0 Å². The molecule has 2 unspecified atom stereocenters. The van der Waals surface area contributed by atoms with Gasteiger partial charge in [-0.2, -0.15) is 0 Å². The lowest BCUT2D eigenvalue weighted by atomic mass is 9.83. The topological polar surface area (TPSA) is 85.8 Å². The second-order valence-electron chi connectivity index (χ2n) is 4.93. The number of hydrogen-bond donors (Lipinski definition) is 2. The van der Waals surface area contributed by atoms with Crippen molar-refractivity contribution in [1.82, 2.24) is 20.1 Å². The van der Waals surface area contributed by atoms with E-state index in [1.807, 2.05) is 0 Å². The molecule has 6 nitrogen and oxygen atoms in total. The Hall–Kier alpha value is -1.59. The fourth-order valence-electron chi connectivity index (χ4n) is 2.67. The first kappa shape index (κ1) is 12.9. The molecule has 1 amide bonds. The predicted octanol–water partition coefficient (Wildman–Crippen LogP) is 0.945. The van der Waals surface area contributed by atoms with E-state index in [9.17, 15) is 4.79 Å². The Morgan fingerprint density at radius 3 is 3.00 bits per heavy atom. The van der Waals surface area contributed by atoms with Gasteiger partial charge in [-0.25, -0.2) is 9.67 Å². The summed E-state index contributed by atoms with van der Waals surface area (Å²) in [4.78, 5) is 15.7. The summed E-state index contributed by atoms with van der Waals surface area (Å²) in [6, 6.07) is 0.317. The van der Waals surface area contributed by atoms with E-state index in [0.29, 0.717) is 12.0 Å². The van der Waals surface area contributed by atoms with Crippen LogP contribution in [-0.2, 0) is 11.3 Å². The normalized spacial score (nSPS) is 23.8. The molecule has 0 aliphatic heterocycles. The molecule has 1 heterocycles. The number of nitrogens with two attached hydrogens (primary N) is 1. The monoisotopic (exact) mass is 251 g/mol. The highest BCUT2D eigenvalue weighted by molar-refractivity contribution is 5.76. The number of nitrogen functional groups attached to an aromatic ring is 1. The summed E-state index contributed by atoms with van der Waals surface area (Å²) in [7, 11) is 0. The van der Waals surface area contributed by atoms with Crippen LogP contribution in [0.3, 0.4) is 0 Å². The first-order valence-electron chi connectivity index (χ1n) is 6.63. The van der Waals surface area contributed by atoms with E-state index in [2.05, 4.69) is 22.3 Å². The Balaban J connectivity index is 1.86. The molecule has 18 heavy (non-hydrogen) atoms. The van der Waals surface area contributed by atoms with Gasteiger partial charge in [-0.15, -0.1) is 5.10 Å². The van der Waals surface area contributed by atoms with E-state index in [-0.39, 0.29) is 18.4 Å². The van der Waals surface area contributed by atoms with Crippen LogP contribution in [0.2, 0.25) is 0 Å². The second kappa shape index (κ2) is 5.84. The van der Waals surface area contributed by atoms with Gasteiger partial charge in [0.05, 0.1) is 0 Å². The van der Waals surface area contributed by atoms with E-state index in [0.717, 1.165) is 12.8 Å². The number of carbonyl (C=O) groups excluding carboxylic acids is 1. The van der Waals surface area contributed by atoms with Crippen molar-refractivity contribution in [3.05, 3.63) is 6.33 Å². The average Bonchev–Trinajstić information content (AvgIpc) is 2.75. The molecule has 2 atom stereocenters. The van der Waals surface area contributed by atoms with Crippen molar-refractivity contribution in [1.29, 1.82) is 0 Å². The fourth-order valence-corrected chi connectivity index (χ4v) is 2.67. The summed E-state index contributed by atoms with van der Waals surface area (Å²) in [6.07, 6.45) is 7.40. The number of amides is 1. The highest BCUT2D eigenvalue weighted by Gasteiger charge is 2.24. The zero-order valence-corrected chi connectivity index (χ0v) is 10.8. The Morgan fingerprint density at radius 2 is 2.33 bits per heavy atom. The Bertz CT molecular complexity index is 403. The van der Waals surface area contributed by atoms with Crippen molar-refractivity contribution >= 4 is 11.9 Å². The third-order valence-corrected chi connectivity index (χ3v) is 3.64. The highest BCUT2D eigenvalue weighted by Crippen LogP contribution is 2.26. The summed E-state index contributed by atoms with van der Waals surface area (Å²) >= 11 is 0. The fraction of sp³-hybridized carbons (Fsp3) is 0.750. The van der Waals surface area contributed by atoms with Crippen molar-refractivity contribution in [3.8, 4) is 0 Å². The van der Waals surface area contributed by atoms with Gasteiger partial charge in [0.15, 0.2) is 0 Å². The van der Waals surface area contributed by atoms with Gasteiger partial charge in [0, 0.05) is 6.04 Å². The van der Waals surface area contributed by atoms with Crippen LogP contribution in [0.4, 0.5) is 5.95 Å². The molecule has 1 aromatic rings. The molecule has 1 saturated carbocycles. The summed E-state index contributed by atoms with van der Waals surface area (Å²) in [5, 5.41) is 7.01. The van der Waals surface area contributed by atoms with Gasteiger partial charge in [-0.3, -0.25) is 4.79 Å². The lowest BCUT2D eigenvalue weighted by Crippen LogP contribution is -2.43. The molecule has 0 radical (unpaired) electrons. The Morgan fingerprint density at radius 1 is 1.56 bits per heavy atom. The van der Waals surface area contributed by atoms with E-state index in [1.54, 1.807) is 0 Å². The third-order valence-electron chi connectivity index (χ3n) is 3.64. The van der Waals surface area contributed by atoms with Crippen LogP contribution in [-0.4, -0.2) is 26.7 Å². The summed E-state index contributed by atoms with van der Waals surface area (Å²) in [5.74, 6) is 0.806. The van der Waals surface area contributed by atoms with Crippen LogP contribution in [0.5, 0.6) is 0 Å². The number of hydrogen-bond acceptors (Lipinski definition) is 4. The van der Waals surface area contributed by atoms with Crippen LogP contribution in [0, 0.1) is 5.92 Å². The van der Waals surface area contributed by atoms with Gasteiger partial charge >= 0.3 is 0 Å². The van der Waals surface area contributed by atoms with Crippen LogP contribution in [0.25, 0.3) is 0 Å². The largest absolute Gasteiger partial charge is 0.367 e. The smallest absolute Gasteiger partial charge is 0.242 e. The van der Waals surface area contributed by atoms with Crippen molar-refractivity contribution < 1.29 is 4.79 Å². The molecule has 6 heteroatoms. The lowest BCUT2D eigenvalue weighted by molar-refractivity contribution is -0.123. The van der Waals surface area contributed by atoms with Crippen LogP contribution in [0.15, 0.2) is 6.33 Å². The molecule has 100 valence electrons. The Labute approximate surface area is 107 Å². The standard InChI is InChI=1S/C12H21N5O/c1-2-9-5-3-4-6-10(9)15-11(18)7-17-8-14-12(13)16-17/h8-10H,2-7H2,1H3,(H2,13,16)(H,15,18). The van der Waals surface area contributed by atoms with E-state index < -0.39 is 0 Å². The second-order valence-corrected chi connectivity index (χ2v) is 4.93. The quantitative estimate of drug-likeness (QED) is 0.834. The SMILES string of the molecule is CCC1CCCCC1NC(=O)Cn1cnc(N)n1. The third kappa shape index (κ3) is 3.21. The molecule has 1 aromatic heterocycles. The lowest BCUT2D eigenvalue weighted by Gasteiger charge is -2.31. The highest BCUT2D eigenvalue weighted by atomic mass is 16.2. The molecule has 1 aliphatic carbocycles. The van der Waals surface area contributed by atoms with Crippen molar-refractivity contribution in [2.45, 2.75) is 51.6 Å². The maximum absolute atomic E-state index is 11.9. The van der Waals surface area contributed by atoms with Crippen molar-refractivity contribution in [3.63, 3.8) is 0 Å². The molecule has 2 rings (SSSR count). The molecule has 1 aliphatic rings. The maximum atomic E-state index is 11.9. The molecule has 0 spiro atoms. The molecule has 0 saturated heterocycles. The van der Waals surface area contributed by atoms with E-state index in [1.165, 1.54) is 30.3 Å². The number of nitrogens with zero attached hydrogens (tertiary/aromatic N) is 3. The van der Waals surface area contributed by atoms with Gasteiger partial charge < -0.3 is 11.1 Å². The zero-order chi connectivity index (χ0) is 13.0. The van der Waals surface area contributed by atoms with Crippen molar-refractivity contribution in [2.24, 2.45) is 5.92 Å². The minimum absolute atomic E-state index is 0.00903. The molecule has 0 aromatic carbocycles. The molecule has 3 N–H and O–H groups in total. The molecular formula is C12H21N5O. The minimum Gasteiger partial charge on any atom is -0.367 e. The predicted molar refractivity (Wildman–Crippen MR) is 68.6 cm³/mol. The first-order valence-corrected chi connectivity index (χ1v) is 6.63. The molecule has 1 fully saturated rings. The van der Waals surface area contributed by atoms with Crippen LogP contribution >= 0.6 is 0 Å². The number of nitrogens with one attached hydrogen (secondary N) is 1. The van der Waals surface area contributed by atoms with Gasteiger partial charge in [0.25, 0.3) is 0 Å². The average molecular weight is 251 g/mol. The van der Waals surface area contributed by atoms with Crippen molar-refractivity contribution in [2.75, 3.05) is 5.73 Å². The minimum atomic E-state index is -0.00903. The van der Waals surface area contributed by atoms with Crippen LogP contribution in [0.1, 0.15) is 39.0 Å².